The molecule has 19 heavy (non-hydrogen) atoms. The number of benzene rings is 1. The first-order chi connectivity index (χ1) is 9.08. The summed E-state index contributed by atoms with van der Waals surface area (Å²) in [4.78, 5) is 24.9. The number of aliphatic carboxylic acids is 1. The molecule has 0 bridgehead atoms. The molecular formula is C14H16ClNO3. The fourth-order valence-electron chi connectivity index (χ4n) is 2.40. The molecule has 1 atom stereocenters. The van der Waals surface area contributed by atoms with Crippen LogP contribution in [-0.2, 0) is 4.79 Å². The Kier molecular flexibility index (Phi) is 4.56. The van der Waals surface area contributed by atoms with E-state index < -0.39 is 12.0 Å². The van der Waals surface area contributed by atoms with Crippen LogP contribution in [0.2, 0.25) is 5.02 Å². The molecule has 102 valence electrons. The van der Waals surface area contributed by atoms with Gasteiger partial charge in [-0.05, 0) is 43.7 Å². The lowest BCUT2D eigenvalue weighted by molar-refractivity contribution is -0.142. The molecule has 1 fully saturated rings. The lowest BCUT2D eigenvalue weighted by atomic mass is 10.1. The molecule has 1 unspecified atom stereocenters. The number of rotatable bonds is 5. The highest BCUT2D eigenvalue weighted by Gasteiger charge is 2.30. The summed E-state index contributed by atoms with van der Waals surface area (Å²) >= 11 is 5.77. The predicted molar refractivity (Wildman–Crippen MR) is 72.6 cm³/mol. The van der Waals surface area contributed by atoms with Gasteiger partial charge in [0.05, 0.1) is 0 Å². The maximum Gasteiger partial charge on any atom is 0.320 e. The molecule has 1 aromatic carbocycles. The van der Waals surface area contributed by atoms with E-state index in [4.69, 9.17) is 16.7 Å². The van der Waals surface area contributed by atoms with Crippen LogP contribution in [0.4, 0.5) is 0 Å². The molecule has 1 aromatic rings. The number of nitrogens with zero attached hydrogens (tertiary/aromatic N) is 1. The number of halogens is 1. The number of hydrogen-bond donors (Lipinski definition) is 1. The molecule has 0 aliphatic carbocycles. The molecule has 1 N–H and O–H groups in total. The van der Waals surface area contributed by atoms with Crippen molar-refractivity contribution in [2.75, 3.05) is 13.1 Å². The zero-order chi connectivity index (χ0) is 13.8. The van der Waals surface area contributed by atoms with Gasteiger partial charge in [-0.2, -0.15) is 0 Å². The zero-order valence-corrected chi connectivity index (χ0v) is 11.3. The van der Waals surface area contributed by atoms with Crippen LogP contribution >= 0.6 is 11.6 Å². The van der Waals surface area contributed by atoms with Gasteiger partial charge in [-0.1, -0.05) is 11.6 Å². The molecule has 0 spiro atoms. The summed E-state index contributed by atoms with van der Waals surface area (Å²) in [6.07, 6.45) is 1.89. The second kappa shape index (κ2) is 6.17. The first-order valence-electron chi connectivity index (χ1n) is 6.33. The van der Waals surface area contributed by atoms with E-state index in [9.17, 15) is 9.59 Å². The summed E-state index contributed by atoms with van der Waals surface area (Å²) in [6, 6.07) is 6.33. The summed E-state index contributed by atoms with van der Waals surface area (Å²) in [5.41, 5.74) is 0.621. The zero-order valence-electron chi connectivity index (χ0n) is 10.5. The molecule has 2 rings (SSSR count). The molecule has 0 radical (unpaired) electrons. The van der Waals surface area contributed by atoms with Gasteiger partial charge < -0.3 is 5.11 Å². The number of carboxylic acids is 1. The van der Waals surface area contributed by atoms with Gasteiger partial charge in [0.25, 0.3) is 0 Å². The van der Waals surface area contributed by atoms with E-state index in [0.717, 1.165) is 13.0 Å². The van der Waals surface area contributed by atoms with Crippen molar-refractivity contribution in [2.24, 2.45) is 0 Å². The van der Waals surface area contributed by atoms with Crippen LogP contribution in [0.5, 0.6) is 0 Å². The highest BCUT2D eigenvalue weighted by Crippen LogP contribution is 2.18. The quantitative estimate of drug-likeness (QED) is 0.843. The largest absolute Gasteiger partial charge is 0.480 e. The lowest BCUT2D eigenvalue weighted by Gasteiger charge is -2.20. The second-order valence-corrected chi connectivity index (χ2v) is 5.15. The molecule has 0 amide bonds. The van der Waals surface area contributed by atoms with Crippen LogP contribution in [-0.4, -0.2) is 40.9 Å². The average molecular weight is 282 g/mol. The van der Waals surface area contributed by atoms with Gasteiger partial charge in [-0.15, -0.1) is 0 Å². The maximum atomic E-state index is 12.0. The topological polar surface area (TPSA) is 57.6 Å². The molecule has 1 saturated heterocycles. The Bertz CT molecular complexity index is 472. The van der Waals surface area contributed by atoms with Gasteiger partial charge in [0.15, 0.2) is 5.78 Å². The van der Waals surface area contributed by atoms with Crippen molar-refractivity contribution < 1.29 is 14.7 Å². The minimum absolute atomic E-state index is 0.0210. The number of carbonyl (C=O) groups is 2. The number of carbonyl (C=O) groups excluding carboxylic acids is 1. The minimum atomic E-state index is -0.795. The standard InChI is InChI=1S/C14H16ClNO3/c15-11-5-3-10(4-6-11)13(17)7-9-16-8-1-2-12(16)14(18)19/h3-6,12H,1-2,7-9H2,(H,18,19). The van der Waals surface area contributed by atoms with Crippen LogP contribution in [0.25, 0.3) is 0 Å². The minimum Gasteiger partial charge on any atom is -0.480 e. The first kappa shape index (κ1) is 14.0. The van der Waals surface area contributed by atoms with Crippen molar-refractivity contribution in [3.05, 3.63) is 34.9 Å². The number of hydrogen-bond acceptors (Lipinski definition) is 3. The first-order valence-corrected chi connectivity index (χ1v) is 6.71. The molecule has 1 aliphatic rings. The third-order valence-corrected chi connectivity index (χ3v) is 3.69. The summed E-state index contributed by atoms with van der Waals surface area (Å²) in [6.45, 7) is 1.25. The maximum absolute atomic E-state index is 12.0. The Labute approximate surface area is 117 Å². The van der Waals surface area contributed by atoms with Gasteiger partial charge in [0.1, 0.15) is 6.04 Å². The molecule has 1 aliphatic heterocycles. The van der Waals surface area contributed by atoms with Crippen molar-refractivity contribution in [1.82, 2.24) is 4.90 Å². The van der Waals surface area contributed by atoms with Crippen molar-refractivity contribution in [3.8, 4) is 0 Å². The monoisotopic (exact) mass is 281 g/mol. The number of ketones is 1. The van der Waals surface area contributed by atoms with Gasteiger partial charge in [-0.3, -0.25) is 14.5 Å². The molecular weight excluding hydrogens is 266 g/mol. The van der Waals surface area contributed by atoms with E-state index in [-0.39, 0.29) is 5.78 Å². The van der Waals surface area contributed by atoms with Crippen LogP contribution in [0.1, 0.15) is 29.6 Å². The van der Waals surface area contributed by atoms with Gasteiger partial charge in [-0.25, -0.2) is 0 Å². The summed E-state index contributed by atoms with van der Waals surface area (Å²) in [5, 5.41) is 9.65. The SMILES string of the molecule is O=C(CCN1CCCC1C(=O)O)c1ccc(Cl)cc1. The van der Waals surface area contributed by atoms with E-state index in [1.165, 1.54) is 0 Å². The number of likely N-dealkylation sites (tertiary alicyclic amines) is 1. The Hall–Kier alpha value is -1.39. The molecule has 0 aromatic heterocycles. The van der Waals surface area contributed by atoms with Crippen LogP contribution < -0.4 is 0 Å². The van der Waals surface area contributed by atoms with Crippen molar-refractivity contribution in [3.63, 3.8) is 0 Å². The molecule has 4 nitrogen and oxygen atoms in total. The van der Waals surface area contributed by atoms with E-state index in [0.29, 0.717) is 30.0 Å². The van der Waals surface area contributed by atoms with E-state index in [1.807, 2.05) is 4.90 Å². The number of carboxylic acid groups (broad SMARTS) is 1. The third kappa shape index (κ3) is 3.55. The summed E-state index contributed by atoms with van der Waals surface area (Å²) < 4.78 is 0. The van der Waals surface area contributed by atoms with Gasteiger partial charge in [0, 0.05) is 23.6 Å². The lowest BCUT2D eigenvalue weighted by Crippen LogP contribution is -2.37. The normalized spacial score (nSPS) is 19.5. The van der Waals surface area contributed by atoms with Crippen LogP contribution in [0.15, 0.2) is 24.3 Å². The highest BCUT2D eigenvalue weighted by molar-refractivity contribution is 6.30. The Morgan fingerprint density at radius 1 is 1.32 bits per heavy atom. The molecule has 0 saturated carbocycles. The van der Waals surface area contributed by atoms with Crippen LogP contribution in [0.3, 0.4) is 0 Å². The van der Waals surface area contributed by atoms with Gasteiger partial charge >= 0.3 is 5.97 Å². The van der Waals surface area contributed by atoms with Crippen molar-refractivity contribution in [1.29, 1.82) is 0 Å². The Morgan fingerprint density at radius 3 is 2.63 bits per heavy atom. The average Bonchev–Trinajstić information content (AvgIpc) is 2.85. The Balaban J connectivity index is 1.90. The number of Topliss-reactive ketones (excluding diaryl/α,β-unsaturated/α-hetero) is 1. The van der Waals surface area contributed by atoms with E-state index in [1.54, 1.807) is 24.3 Å². The van der Waals surface area contributed by atoms with Crippen LogP contribution in [0, 0.1) is 0 Å². The summed E-state index contributed by atoms with van der Waals surface area (Å²) in [7, 11) is 0. The second-order valence-electron chi connectivity index (χ2n) is 4.71. The van der Waals surface area contributed by atoms with Crippen molar-refractivity contribution >= 4 is 23.4 Å². The smallest absolute Gasteiger partial charge is 0.320 e. The third-order valence-electron chi connectivity index (χ3n) is 3.44. The van der Waals surface area contributed by atoms with E-state index >= 15 is 0 Å². The highest BCUT2D eigenvalue weighted by atomic mass is 35.5. The van der Waals surface area contributed by atoms with Gasteiger partial charge in [0.2, 0.25) is 0 Å². The van der Waals surface area contributed by atoms with Crippen molar-refractivity contribution in [2.45, 2.75) is 25.3 Å². The Morgan fingerprint density at radius 2 is 2.00 bits per heavy atom. The predicted octanol–water partition coefficient (Wildman–Crippen LogP) is 2.46. The molecule has 1 heterocycles. The fourth-order valence-corrected chi connectivity index (χ4v) is 2.52. The van der Waals surface area contributed by atoms with E-state index in [2.05, 4.69) is 0 Å². The molecule has 5 heteroatoms. The summed E-state index contributed by atoms with van der Waals surface area (Å²) in [5.74, 6) is -0.774. The fraction of sp³-hybridized carbons (Fsp3) is 0.429.